The summed E-state index contributed by atoms with van der Waals surface area (Å²) in [6, 6.07) is 15.8. The molecule has 12 heteroatoms. The number of benzene rings is 3. The van der Waals surface area contributed by atoms with E-state index in [2.05, 4.69) is 5.32 Å². The quantitative estimate of drug-likeness (QED) is 0.197. The van der Waals surface area contributed by atoms with Gasteiger partial charge in [0.1, 0.15) is 12.6 Å². The molecule has 0 radical (unpaired) electrons. The third kappa shape index (κ3) is 8.52. The van der Waals surface area contributed by atoms with Gasteiger partial charge in [0.2, 0.25) is 11.8 Å². The molecule has 7 nitrogen and oxygen atoms in total. The van der Waals surface area contributed by atoms with Gasteiger partial charge in [-0.3, -0.25) is 13.9 Å². The molecule has 2 amide bonds. The van der Waals surface area contributed by atoms with E-state index < -0.39 is 28.5 Å². The summed E-state index contributed by atoms with van der Waals surface area (Å²) >= 11 is 25.1. The van der Waals surface area contributed by atoms with Crippen molar-refractivity contribution in [2.24, 2.45) is 0 Å². The van der Waals surface area contributed by atoms with Crippen molar-refractivity contribution in [1.29, 1.82) is 0 Å². The fourth-order valence-electron chi connectivity index (χ4n) is 4.17. The van der Waals surface area contributed by atoms with E-state index in [1.165, 1.54) is 41.3 Å². The van der Waals surface area contributed by atoms with E-state index in [0.29, 0.717) is 27.2 Å². The fraction of sp³-hybridized carbons (Fsp3) is 0.310. The topological polar surface area (TPSA) is 86.8 Å². The predicted molar refractivity (Wildman–Crippen MR) is 166 cm³/mol. The van der Waals surface area contributed by atoms with Gasteiger partial charge in [0.25, 0.3) is 10.0 Å². The molecule has 0 unspecified atom stereocenters. The second-order valence-corrected chi connectivity index (χ2v) is 12.8. The third-order valence-electron chi connectivity index (χ3n) is 6.38. The maximum Gasteiger partial charge on any atom is 0.264 e. The van der Waals surface area contributed by atoms with Crippen LogP contribution in [0.2, 0.25) is 20.1 Å². The van der Waals surface area contributed by atoms with Crippen molar-refractivity contribution in [1.82, 2.24) is 10.2 Å². The van der Waals surface area contributed by atoms with Crippen molar-refractivity contribution in [2.45, 2.75) is 50.6 Å². The summed E-state index contributed by atoms with van der Waals surface area (Å²) in [6.07, 6.45) is 1.92. The average Bonchev–Trinajstić information content (AvgIpc) is 2.93. The highest BCUT2D eigenvalue weighted by molar-refractivity contribution is 7.92. The molecule has 0 bridgehead atoms. The van der Waals surface area contributed by atoms with E-state index in [1.54, 1.807) is 37.3 Å². The molecule has 0 heterocycles. The third-order valence-corrected chi connectivity index (χ3v) is 9.37. The van der Waals surface area contributed by atoms with Crippen LogP contribution in [-0.2, 0) is 26.2 Å². The van der Waals surface area contributed by atoms with Crippen LogP contribution in [0.4, 0.5) is 5.69 Å². The van der Waals surface area contributed by atoms with E-state index >= 15 is 0 Å². The molecular formula is C29H31Cl4N3O4S. The molecule has 3 aromatic rings. The maximum absolute atomic E-state index is 14.1. The highest BCUT2D eigenvalue weighted by Gasteiger charge is 2.34. The normalized spacial score (nSPS) is 12.0. The molecule has 41 heavy (non-hydrogen) atoms. The van der Waals surface area contributed by atoms with Crippen LogP contribution in [0.5, 0.6) is 0 Å². The Morgan fingerprint density at radius 2 is 1.51 bits per heavy atom. The highest BCUT2D eigenvalue weighted by atomic mass is 35.5. The fourth-order valence-corrected chi connectivity index (χ4v) is 6.41. The van der Waals surface area contributed by atoms with Gasteiger partial charge in [0.15, 0.2) is 0 Å². The van der Waals surface area contributed by atoms with E-state index in [9.17, 15) is 18.0 Å². The van der Waals surface area contributed by atoms with Gasteiger partial charge in [-0.25, -0.2) is 8.42 Å². The Hall–Kier alpha value is -2.49. The zero-order chi connectivity index (χ0) is 30.2. The Balaban J connectivity index is 2.08. The summed E-state index contributed by atoms with van der Waals surface area (Å²) in [5, 5.41) is 4.15. The van der Waals surface area contributed by atoms with Gasteiger partial charge in [0.05, 0.1) is 10.6 Å². The highest BCUT2D eigenvalue weighted by Crippen LogP contribution is 2.30. The number of halogens is 4. The first-order valence-corrected chi connectivity index (χ1v) is 16.0. The Bertz CT molecular complexity index is 1450. The number of unbranched alkanes of at least 4 members (excludes halogenated alkanes) is 1. The molecule has 3 aromatic carbocycles. The van der Waals surface area contributed by atoms with Crippen LogP contribution in [0.3, 0.4) is 0 Å². The van der Waals surface area contributed by atoms with E-state index in [0.717, 1.165) is 17.1 Å². The molecule has 0 aliphatic rings. The summed E-state index contributed by atoms with van der Waals surface area (Å²) in [5.41, 5.74) is 0.621. The first kappa shape index (κ1) is 33.0. The van der Waals surface area contributed by atoms with Crippen LogP contribution in [0.1, 0.15) is 38.7 Å². The summed E-state index contributed by atoms with van der Waals surface area (Å²) in [7, 11) is -4.26. The standard InChI is InChI=1S/C29H31Cl4N3O4S/c1-3-5-16-34-29(38)27(4-2)35(18-24-25(32)10-7-11-26(24)33)28(37)19-36(22-9-6-8-21(31)17-22)41(39,40)23-14-12-20(30)13-15-23/h6-15,17,27H,3-5,16,18-19H2,1-2H3,(H,34,38)/t27-/m1/s1. The summed E-state index contributed by atoms with van der Waals surface area (Å²) in [4.78, 5) is 28.6. The average molecular weight is 659 g/mol. The number of rotatable bonds is 13. The molecular weight excluding hydrogens is 628 g/mol. The second kappa shape index (κ2) is 15.1. The monoisotopic (exact) mass is 657 g/mol. The summed E-state index contributed by atoms with van der Waals surface area (Å²) < 4.78 is 28.7. The summed E-state index contributed by atoms with van der Waals surface area (Å²) in [5.74, 6) is -0.983. The smallest absolute Gasteiger partial charge is 0.264 e. The van der Waals surface area contributed by atoms with Crippen LogP contribution in [0.25, 0.3) is 0 Å². The number of anilines is 1. The maximum atomic E-state index is 14.1. The number of nitrogens with one attached hydrogen (secondary N) is 1. The SMILES string of the molecule is CCCCNC(=O)[C@@H](CC)N(Cc1c(Cl)cccc1Cl)C(=O)CN(c1cccc(Cl)c1)S(=O)(=O)c1ccc(Cl)cc1. The molecule has 220 valence electrons. The van der Waals surface area contributed by atoms with Crippen LogP contribution < -0.4 is 9.62 Å². The number of sulfonamides is 1. The molecule has 1 atom stereocenters. The Morgan fingerprint density at radius 1 is 0.878 bits per heavy atom. The van der Waals surface area contributed by atoms with Crippen molar-refractivity contribution in [3.05, 3.63) is 92.4 Å². The van der Waals surface area contributed by atoms with Gasteiger partial charge in [-0.15, -0.1) is 0 Å². The largest absolute Gasteiger partial charge is 0.354 e. The minimum absolute atomic E-state index is 0.0697. The van der Waals surface area contributed by atoms with Crippen LogP contribution >= 0.6 is 46.4 Å². The number of hydrogen-bond donors (Lipinski definition) is 1. The summed E-state index contributed by atoms with van der Waals surface area (Å²) in [6.45, 7) is 3.50. The number of carbonyl (C=O) groups is 2. The van der Waals surface area contributed by atoms with Crippen LogP contribution in [0.15, 0.2) is 71.6 Å². The molecule has 0 spiro atoms. The number of carbonyl (C=O) groups excluding carboxylic acids is 2. The number of nitrogens with zero attached hydrogens (tertiary/aromatic N) is 2. The first-order chi connectivity index (χ1) is 19.5. The molecule has 1 N–H and O–H groups in total. The van der Waals surface area contributed by atoms with Crippen molar-refractivity contribution in [3.8, 4) is 0 Å². The van der Waals surface area contributed by atoms with Crippen molar-refractivity contribution < 1.29 is 18.0 Å². The lowest BCUT2D eigenvalue weighted by molar-refractivity contribution is -0.140. The van der Waals surface area contributed by atoms with Crippen LogP contribution in [0, 0.1) is 0 Å². The van der Waals surface area contributed by atoms with Gasteiger partial charge in [0, 0.05) is 38.7 Å². The Labute approximate surface area is 261 Å². The molecule has 0 aliphatic carbocycles. The lowest BCUT2D eigenvalue weighted by Gasteiger charge is -2.33. The van der Waals surface area contributed by atoms with Gasteiger partial charge >= 0.3 is 0 Å². The van der Waals surface area contributed by atoms with E-state index in [-0.39, 0.29) is 34.5 Å². The molecule has 0 fully saturated rings. The van der Waals surface area contributed by atoms with Crippen molar-refractivity contribution in [3.63, 3.8) is 0 Å². The van der Waals surface area contributed by atoms with Crippen molar-refractivity contribution >= 4 is 73.9 Å². The zero-order valence-electron chi connectivity index (χ0n) is 22.6. The molecule has 0 aliphatic heterocycles. The van der Waals surface area contributed by atoms with Gasteiger partial charge < -0.3 is 10.2 Å². The second-order valence-electron chi connectivity index (χ2n) is 9.24. The predicted octanol–water partition coefficient (Wildman–Crippen LogP) is 7.22. The molecule has 3 rings (SSSR count). The zero-order valence-corrected chi connectivity index (χ0v) is 26.5. The lowest BCUT2D eigenvalue weighted by atomic mass is 10.1. The lowest BCUT2D eigenvalue weighted by Crippen LogP contribution is -2.52. The van der Waals surface area contributed by atoms with Crippen molar-refractivity contribution in [2.75, 3.05) is 17.4 Å². The van der Waals surface area contributed by atoms with Gasteiger partial charge in [-0.2, -0.15) is 0 Å². The Morgan fingerprint density at radius 3 is 2.10 bits per heavy atom. The molecule has 0 aromatic heterocycles. The van der Waals surface area contributed by atoms with E-state index in [1.807, 2.05) is 6.92 Å². The minimum Gasteiger partial charge on any atom is -0.354 e. The first-order valence-electron chi connectivity index (χ1n) is 13.0. The van der Waals surface area contributed by atoms with Gasteiger partial charge in [-0.1, -0.05) is 78.8 Å². The number of amides is 2. The minimum atomic E-state index is -4.26. The number of hydrogen-bond acceptors (Lipinski definition) is 4. The van der Waals surface area contributed by atoms with Gasteiger partial charge in [-0.05, 0) is 67.4 Å². The molecule has 0 saturated carbocycles. The Kier molecular flexibility index (Phi) is 12.2. The molecule has 0 saturated heterocycles. The van der Waals surface area contributed by atoms with Crippen LogP contribution in [-0.4, -0.2) is 44.3 Å². The van der Waals surface area contributed by atoms with E-state index in [4.69, 9.17) is 46.4 Å².